The molecule has 2 unspecified atom stereocenters. The molecule has 0 bridgehead atoms. The van der Waals surface area contributed by atoms with Crippen molar-refractivity contribution >= 4 is 15.9 Å². The van der Waals surface area contributed by atoms with Crippen molar-refractivity contribution in [3.63, 3.8) is 0 Å². The quantitative estimate of drug-likeness (QED) is 0.908. The van der Waals surface area contributed by atoms with Crippen molar-refractivity contribution < 1.29 is 9.47 Å². The summed E-state index contributed by atoms with van der Waals surface area (Å²) >= 11 is 3.43. The number of ether oxygens (including phenoxy) is 2. The van der Waals surface area contributed by atoms with Crippen LogP contribution in [0.1, 0.15) is 30.9 Å². The molecule has 0 spiro atoms. The van der Waals surface area contributed by atoms with Crippen LogP contribution in [-0.2, 0) is 9.47 Å². The monoisotopic (exact) mass is 313 g/mol. The van der Waals surface area contributed by atoms with Crippen LogP contribution in [0.25, 0.3) is 0 Å². The maximum atomic E-state index is 5.89. The smallest absolute Gasteiger partial charge is 0.0948 e. The molecule has 1 fully saturated rings. The molecule has 1 aromatic carbocycles. The molecule has 18 heavy (non-hydrogen) atoms. The average molecular weight is 314 g/mol. The third-order valence-electron chi connectivity index (χ3n) is 3.21. The maximum Gasteiger partial charge on any atom is 0.0948 e. The van der Waals surface area contributed by atoms with Crippen molar-refractivity contribution in [2.24, 2.45) is 5.73 Å². The zero-order chi connectivity index (χ0) is 12.8. The van der Waals surface area contributed by atoms with Crippen LogP contribution in [0.15, 0.2) is 28.7 Å². The summed E-state index contributed by atoms with van der Waals surface area (Å²) in [5, 5.41) is 0. The first-order valence-corrected chi connectivity index (χ1v) is 7.27. The summed E-state index contributed by atoms with van der Waals surface area (Å²) in [6.45, 7) is 1.99. The molecule has 3 nitrogen and oxygen atoms in total. The molecule has 1 heterocycles. The Bertz CT molecular complexity index is 349. The lowest BCUT2D eigenvalue weighted by molar-refractivity contribution is -0.0617. The normalized spacial score (nSPS) is 21.8. The van der Waals surface area contributed by atoms with Crippen LogP contribution in [0.2, 0.25) is 0 Å². The Morgan fingerprint density at radius 1 is 1.33 bits per heavy atom. The minimum Gasteiger partial charge on any atom is -0.376 e. The van der Waals surface area contributed by atoms with Crippen LogP contribution in [0.4, 0.5) is 0 Å². The van der Waals surface area contributed by atoms with E-state index >= 15 is 0 Å². The Kier molecular flexibility index (Phi) is 5.63. The zero-order valence-corrected chi connectivity index (χ0v) is 12.1. The first kappa shape index (κ1) is 14.0. The van der Waals surface area contributed by atoms with E-state index in [2.05, 4.69) is 15.9 Å². The lowest BCUT2D eigenvalue weighted by Gasteiger charge is -2.25. The van der Waals surface area contributed by atoms with Gasteiger partial charge in [-0.3, -0.25) is 0 Å². The lowest BCUT2D eigenvalue weighted by Crippen LogP contribution is -2.27. The maximum absolute atomic E-state index is 5.89. The standard InChI is InChI=1S/C14H20BrNO2/c15-12-6-4-11(5-7-12)14(9-16)18-10-13-3-1-2-8-17-13/h4-7,13-14H,1-3,8-10,16H2. The summed E-state index contributed by atoms with van der Waals surface area (Å²) in [4.78, 5) is 0. The molecular formula is C14H20BrNO2. The predicted molar refractivity (Wildman–Crippen MR) is 75.5 cm³/mol. The minimum absolute atomic E-state index is 0.0383. The highest BCUT2D eigenvalue weighted by Gasteiger charge is 2.17. The molecule has 2 rings (SSSR count). The average Bonchev–Trinajstić information content (AvgIpc) is 2.42. The van der Waals surface area contributed by atoms with Gasteiger partial charge in [0.2, 0.25) is 0 Å². The number of halogens is 1. The Morgan fingerprint density at radius 3 is 2.72 bits per heavy atom. The minimum atomic E-state index is -0.0383. The van der Waals surface area contributed by atoms with Crippen molar-refractivity contribution in [3.8, 4) is 0 Å². The zero-order valence-electron chi connectivity index (χ0n) is 10.5. The largest absolute Gasteiger partial charge is 0.376 e. The summed E-state index contributed by atoms with van der Waals surface area (Å²) in [5.74, 6) is 0. The molecule has 4 heteroatoms. The molecule has 2 atom stereocenters. The van der Waals surface area contributed by atoms with Crippen LogP contribution in [0.3, 0.4) is 0 Å². The van der Waals surface area contributed by atoms with Crippen LogP contribution in [0, 0.1) is 0 Å². The SMILES string of the molecule is NCC(OCC1CCCCO1)c1ccc(Br)cc1. The highest BCUT2D eigenvalue weighted by molar-refractivity contribution is 9.10. The summed E-state index contributed by atoms with van der Waals surface area (Å²) in [6, 6.07) is 8.11. The van der Waals surface area contributed by atoms with Crippen LogP contribution in [-0.4, -0.2) is 25.9 Å². The van der Waals surface area contributed by atoms with E-state index < -0.39 is 0 Å². The van der Waals surface area contributed by atoms with Crippen molar-refractivity contribution in [2.75, 3.05) is 19.8 Å². The first-order valence-electron chi connectivity index (χ1n) is 6.48. The number of nitrogens with two attached hydrogens (primary N) is 1. The number of hydrogen-bond donors (Lipinski definition) is 1. The van der Waals surface area contributed by atoms with E-state index in [9.17, 15) is 0 Å². The van der Waals surface area contributed by atoms with E-state index in [4.69, 9.17) is 15.2 Å². The number of benzene rings is 1. The Hall–Kier alpha value is -0.420. The molecular weight excluding hydrogens is 294 g/mol. The third kappa shape index (κ3) is 4.05. The van der Waals surface area contributed by atoms with E-state index in [1.807, 2.05) is 24.3 Å². The Labute approximate surface area is 117 Å². The van der Waals surface area contributed by atoms with E-state index in [1.54, 1.807) is 0 Å². The van der Waals surface area contributed by atoms with Gasteiger partial charge in [-0.15, -0.1) is 0 Å². The molecule has 0 saturated carbocycles. The lowest BCUT2D eigenvalue weighted by atomic mass is 10.1. The van der Waals surface area contributed by atoms with Crippen LogP contribution in [0.5, 0.6) is 0 Å². The van der Waals surface area contributed by atoms with E-state index in [-0.39, 0.29) is 12.2 Å². The molecule has 1 aliphatic heterocycles. The van der Waals surface area contributed by atoms with Gasteiger partial charge in [-0.1, -0.05) is 28.1 Å². The Morgan fingerprint density at radius 2 is 2.11 bits per heavy atom. The molecule has 100 valence electrons. The molecule has 1 aromatic rings. The van der Waals surface area contributed by atoms with Crippen molar-refractivity contribution in [1.29, 1.82) is 0 Å². The van der Waals surface area contributed by atoms with Gasteiger partial charge < -0.3 is 15.2 Å². The van der Waals surface area contributed by atoms with Crippen LogP contribution >= 0.6 is 15.9 Å². The van der Waals surface area contributed by atoms with Gasteiger partial charge in [0, 0.05) is 17.6 Å². The Balaban J connectivity index is 1.86. The molecule has 0 radical (unpaired) electrons. The van der Waals surface area contributed by atoms with Crippen LogP contribution < -0.4 is 5.73 Å². The van der Waals surface area contributed by atoms with E-state index in [0.717, 1.165) is 23.1 Å². The third-order valence-corrected chi connectivity index (χ3v) is 3.74. The van der Waals surface area contributed by atoms with Crippen molar-refractivity contribution in [1.82, 2.24) is 0 Å². The fourth-order valence-electron chi connectivity index (χ4n) is 2.14. The van der Waals surface area contributed by atoms with Gasteiger partial charge in [0.1, 0.15) is 0 Å². The molecule has 1 aliphatic rings. The second kappa shape index (κ2) is 7.24. The van der Waals surface area contributed by atoms with Gasteiger partial charge in [-0.05, 0) is 37.0 Å². The van der Waals surface area contributed by atoms with Gasteiger partial charge in [0.15, 0.2) is 0 Å². The first-order chi connectivity index (χ1) is 8.79. The van der Waals surface area contributed by atoms with E-state index in [1.165, 1.54) is 12.8 Å². The fraction of sp³-hybridized carbons (Fsp3) is 0.571. The molecule has 0 aromatic heterocycles. The highest BCUT2D eigenvalue weighted by atomic mass is 79.9. The van der Waals surface area contributed by atoms with Gasteiger partial charge in [0.25, 0.3) is 0 Å². The molecule has 1 saturated heterocycles. The number of hydrogen-bond acceptors (Lipinski definition) is 3. The van der Waals surface area contributed by atoms with Crippen molar-refractivity contribution in [2.45, 2.75) is 31.5 Å². The van der Waals surface area contributed by atoms with E-state index in [0.29, 0.717) is 13.2 Å². The summed E-state index contributed by atoms with van der Waals surface area (Å²) in [7, 11) is 0. The summed E-state index contributed by atoms with van der Waals surface area (Å²) in [6.07, 6.45) is 3.70. The number of rotatable bonds is 5. The highest BCUT2D eigenvalue weighted by Crippen LogP contribution is 2.21. The fourth-order valence-corrected chi connectivity index (χ4v) is 2.40. The second-order valence-corrected chi connectivity index (χ2v) is 5.51. The molecule has 0 aliphatic carbocycles. The topological polar surface area (TPSA) is 44.5 Å². The van der Waals surface area contributed by atoms with Gasteiger partial charge in [-0.2, -0.15) is 0 Å². The van der Waals surface area contributed by atoms with Gasteiger partial charge in [-0.25, -0.2) is 0 Å². The van der Waals surface area contributed by atoms with Gasteiger partial charge >= 0.3 is 0 Å². The second-order valence-electron chi connectivity index (χ2n) is 4.60. The molecule has 0 amide bonds. The summed E-state index contributed by atoms with van der Waals surface area (Å²) in [5.41, 5.74) is 6.90. The summed E-state index contributed by atoms with van der Waals surface area (Å²) < 4.78 is 12.6. The van der Waals surface area contributed by atoms with Crippen molar-refractivity contribution in [3.05, 3.63) is 34.3 Å². The molecule has 2 N–H and O–H groups in total. The predicted octanol–water partition coefficient (Wildman–Crippen LogP) is 3.03. The van der Waals surface area contributed by atoms with Gasteiger partial charge in [0.05, 0.1) is 18.8 Å².